The normalized spacial score (nSPS) is 10.7. The van der Waals surface area contributed by atoms with Gasteiger partial charge in [-0.15, -0.1) is 0 Å². The number of anilines is 1. The molecule has 32 heavy (non-hydrogen) atoms. The SMILES string of the molecule is CCOc1ccc(C(=O)Nc2ccccc2CC)cc1COc1cccc2ccccc12. The first kappa shape index (κ1) is 21.4. The number of nitrogens with one attached hydrogen (secondary N) is 1. The predicted molar refractivity (Wildman–Crippen MR) is 130 cm³/mol. The van der Waals surface area contributed by atoms with Crippen LogP contribution in [0.5, 0.6) is 11.5 Å². The molecule has 162 valence electrons. The Kier molecular flexibility index (Phi) is 6.71. The van der Waals surface area contributed by atoms with Crippen LogP contribution in [0, 0.1) is 0 Å². The molecule has 0 atom stereocenters. The van der Waals surface area contributed by atoms with Gasteiger partial charge < -0.3 is 14.8 Å². The third-order valence-corrected chi connectivity index (χ3v) is 5.40. The summed E-state index contributed by atoms with van der Waals surface area (Å²) >= 11 is 0. The van der Waals surface area contributed by atoms with Crippen molar-refractivity contribution in [3.05, 3.63) is 102 Å². The maximum Gasteiger partial charge on any atom is 0.255 e. The van der Waals surface area contributed by atoms with E-state index >= 15 is 0 Å². The zero-order valence-corrected chi connectivity index (χ0v) is 18.4. The molecule has 0 radical (unpaired) electrons. The second-order valence-corrected chi connectivity index (χ2v) is 7.49. The van der Waals surface area contributed by atoms with Crippen LogP contribution >= 0.6 is 0 Å². The molecule has 4 aromatic carbocycles. The summed E-state index contributed by atoms with van der Waals surface area (Å²) in [6, 6.07) is 27.5. The van der Waals surface area contributed by atoms with Gasteiger partial charge in [-0.25, -0.2) is 0 Å². The van der Waals surface area contributed by atoms with Crippen molar-refractivity contribution < 1.29 is 14.3 Å². The van der Waals surface area contributed by atoms with E-state index in [2.05, 4.69) is 24.4 Å². The standard InChI is InChI=1S/C28H27NO3/c1-3-20-10-6-8-14-25(20)29-28(30)22-16-17-26(31-4-2)23(18-22)19-32-27-15-9-12-21-11-5-7-13-24(21)27/h5-18H,3-4,19H2,1-2H3,(H,29,30). The van der Waals surface area contributed by atoms with E-state index in [-0.39, 0.29) is 5.91 Å². The number of carbonyl (C=O) groups is 1. The van der Waals surface area contributed by atoms with Crippen molar-refractivity contribution in [3.63, 3.8) is 0 Å². The van der Waals surface area contributed by atoms with E-state index in [1.54, 1.807) is 6.07 Å². The van der Waals surface area contributed by atoms with Gasteiger partial charge in [0.2, 0.25) is 0 Å². The van der Waals surface area contributed by atoms with Crippen molar-refractivity contribution in [1.82, 2.24) is 0 Å². The maximum atomic E-state index is 13.0. The summed E-state index contributed by atoms with van der Waals surface area (Å²) in [6.45, 7) is 4.86. The van der Waals surface area contributed by atoms with Gasteiger partial charge in [0.1, 0.15) is 18.1 Å². The molecule has 0 aliphatic heterocycles. The highest BCUT2D eigenvalue weighted by Crippen LogP contribution is 2.28. The second-order valence-electron chi connectivity index (χ2n) is 7.49. The minimum absolute atomic E-state index is 0.152. The molecule has 4 heteroatoms. The number of amides is 1. The number of carbonyl (C=O) groups excluding carboxylic acids is 1. The van der Waals surface area contributed by atoms with Crippen molar-refractivity contribution in [3.8, 4) is 11.5 Å². The molecule has 0 fully saturated rings. The van der Waals surface area contributed by atoms with Crippen LogP contribution in [0.3, 0.4) is 0 Å². The van der Waals surface area contributed by atoms with Crippen LogP contribution in [0.25, 0.3) is 10.8 Å². The molecular weight excluding hydrogens is 398 g/mol. The fourth-order valence-electron chi connectivity index (χ4n) is 3.75. The van der Waals surface area contributed by atoms with Crippen LogP contribution in [-0.4, -0.2) is 12.5 Å². The number of rotatable bonds is 8. The summed E-state index contributed by atoms with van der Waals surface area (Å²) in [4.78, 5) is 13.0. The number of para-hydroxylation sites is 1. The lowest BCUT2D eigenvalue weighted by atomic mass is 10.1. The van der Waals surface area contributed by atoms with Gasteiger partial charge in [-0.3, -0.25) is 4.79 Å². The number of fused-ring (bicyclic) bond motifs is 1. The molecule has 0 saturated carbocycles. The molecule has 0 saturated heterocycles. The molecule has 1 N–H and O–H groups in total. The van der Waals surface area contributed by atoms with Crippen molar-refractivity contribution in [1.29, 1.82) is 0 Å². The van der Waals surface area contributed by atoms with E-state index in [9.17, 15) is 4.79 Å². The van der Waals surface area contributed by atoms with Crippen LogP contribution in [0.1, 0.15) is 35.3 Å². The zero-order chi connectivity index (χ0) is 22.3. The molecule has 0 aliphatic carbocycles. The molecule has 0 bridgehead atoms. The molecule has 1 amide bonds. The number of hydrogen-bond acceptors (Lipinski definition) is 3. The van der Waals surface area contributed by atoms with Gasteiger partial charge in [0.05, 0.1) is 6.61 Å². The smallest absolute Gasteiger partial charge is 0.255 e. The molecule has 0 aliphatic rings. The molecule has 4 nitrogen and oxygen atoms in total. The topological polar surface area (TPSA) is 47.6 Å². The summed E-state index contributed by atoms with van der Waals surface area (Å²) in [5, 5.41) is 5.21. The van der Waals surface area contributed by atoms with E-state index < -0.39 is 0 Å². The van der Waals surface area contributed by atoms with Crippen LogP contribution < -0.4 is 14.8 Å². The molecule has 0 heterocycles. The molecule has 4 rings (SSSR count). The summed E-state index contributed by atoms with van der Waals surface area (Å²) in [6.07, 6.45) is 0.851. The molecule has 0 aromatic heterocycles. The number of hydrogen-bond donors (Lipinski definition) is 1. The molecule has 4 aromatic rings. The third-order valence-electron chi connectivity index (χ3n) is 5.40. The Morgan fingerprint density at radius 3 is 2.41 bits per heavy atom. The number of ether oxygens (including phenoxy) is 2. The van der Waals surface area contributed by atoms with Gasteiger partial charge in [0.25, 0.3) is 5.91 Å². The van der Waals surface area contributed by atoms with E-state index in [4.69, 9.17) is 9.47 Å². The lowest BCUT2D eigenvalue weighted by Crippen LogP contribution is -2.14. The predicted octanol–water partition coefficient (Wildman–Crippen LogP) is 6.63. The zero-order valence-electron chi connectivity index (χ0n) is 18.4. The Labute approximate surface area is 188 Å². The Balaban J connectivity index is 1.58. The van der Waals surface area contributed by atoms with E-state index in [0.29, 0.717) is 18.8 Å². The van der Waals surface area contributed by atoms with E-state index in [0.717, 1.165) is 45.5 Å². The van der Waals surface area contributed by atoms with Crippen LogP contribution in [-0.2, 0) is 13.0 Å². The Hall–Kier alpha value is -3.79. The van der Waals surface area contributed by atoms with Crippen molar-refractivity contribution >= 4 is 22.4 Å². The van der Waals surface area contributed by atoms with Crippen LogP contribution in [0.4, 0.5) is 5.69 Å². The summed E-state index contributed by atoms with van der Waals surface area (Å²) in [5.74, 6) is 1.37. The number of benzene rings is 4. The van der Waals surface area contributed by atoms with Crippen molar-refractivity contribution in [2.24, 2.45) is 0 Å². The lowest BCUT2D eigenvalue weighted by molar-refractivity contribution is 0.102. The number of aryl methyl sites for hydroxylation is 1. The Bertz CT molecular complexity index is 1230. The minimum Gasteiger partial charge on any atom is -0.493 e. The van der Waals surface area contributed by atoms with Crippen LogP contribution in [0.15, 0.2) is 84.9 Å². The summed E-state index contributed by atoms with van der Waals surface area (Å²) in [7, 11) is 0. The fraction of sp³-hybridized carbons (Fsp3) is 0.179. The molecule has 0 unspecified atom stereocenters. The van der Waals surface area contributed by atoms with Gasteiger partial charge in [0, 0.05) is 22.2 Å². The fourth-order valence-corrected chi connectivity index (χ4v) is 3.75. The second kappa shape index (κ2) is 10.0. The first-order chi connectivity index (χ1) is 15.7. The average molecular weight is 426 g/mol. The quantitative estimate of drug-likeness (QED) is 0.345. The summed E-state index contributed by atoms with van der Waals surface area (Å²) in [5.41, 5.74) is 3.33. The highest BCUT2D eigenvalue weighted by Gasteiger charge is 2.13. The van der Waals surface area contributed by atoms with Gasteiger partial charge in [-0.1, -0.05) is 61.5 Å². The lowest BCUT2D eigenvalue weighted by Gasteiger charge is -2.15. The first-order valence-corrected chi connectivity index (χ1v) is 10.9. The van der Waals surface area contributed by atoms with Crippen molar-refractivity contribution in [2.45, 2.75) is 26.9 Å². The van der Waals surface area contributed by atoms with Crippen LogP contribution in [0.2, 0.25) is 0 Å². The average Bonchev–Trinajstić information content (AvgIpc) is 2.83. The minimum atomic E-state index is -0.152. The highest BCUT2D eigenvalue weighted by atomic mass is 16.5. The highest BCUT2D eigenvalue weighted by molar-refractivity contribution is 6.04. The molecular formula is C28H27NO3. The van der Waals surface area contributed by atoms with Gasteiger partial charge >= 0.3 is 0 Å². The largest absolute Gasteiger partial charge is 0.493 e. The first-order valence-electron chi connectivity index (χ1n) is 10.9. The van der Waals surface area contributed by atoms with E-state index in [1.807, 2.05) is 73.7 Å². The van der Waals surface area contributed by atoms with Crippen molar-refractivity contribution in [2.75, 3.05) is 11.9 Å². The summed E-state index contributed by atoms with van der Waals surface area (Å²) < 4.78 is 12.0. The maximum absolute atomic E-state index is 13.0. The van der Waals surface area contributed by atoms with Gasteiger partial charge in [0.15, 0.2) is 0 Å². The molecule has 0 spiro atoms. The van der Waals surface area contributed by atoms with Gasteiger partial charge in [-0.05, 0) is 54.6 Å². The van der Waals surface area contributed by atoms with E-state index in [1.165, 1.54) is 0 Å². The monoisotopic (exact) mass is 425 g/mol. The Morgan fingerprint density at radius 1 is 0.781 bits per heavy atom. The Morgan fingerprint density at radius 2 is 1.56 bits per heavy atom. The van der Waals surface area contributed by atoms with Gasteiger partial charge in [-0.2, -0.15) is 0 Å². The third kappa shape index (κ3) is 4.75.